The first-order valence-electron chi connectivity index (χ1n) is 14.4. The number of carboxylic acid groups (broad SMARTS) is 1. The van der Waals surface area contributed by atoms with E-state index in [9.17, 15) is 31.2 Å². The number of ether oxygens (including phenoxy) is 2. The molecule has 17 heteroatoms. The second-order valence-electron chi connectivity index (χ2n) is 11.1. The lowest BCUT2D eigenvalue weighted by atomic mass is 10.1. The third-order valence-electron chi connectivity index (χ3n) is 8.13. The summed E-state index contributed by atoms with van der Waals surface area (Å²) in [6.45, 7) is 2.17. The fraction of sp³-hybridized carbons (Fsp3) is 0.333. The number of aryl methyl sites for hydroxylation is 2. The van der Waals surface area contributed by atoms with Gasteiger partial charge in [-0.15, -0.1) is 0 Å². The van der Waals surface area contributed by atoms with E-state index in [1.165, 1.54) is 47.7 Å². The topological polar surface area (TPSA) is 149 Å². The van der Waals surface area contributed by atoms with Crippen LogP contribution in [-0.2, 0) is 40.5 Å². The maximum Gasteiger partial charge on any atom is 0.435 e. The summed E-state index contributed by atoms with van der Waals surface area (Å²) in [5, 5.41) is 17.1. The van der Waals surface area contributed by atoms with E-state index in [0.29, 0.717) is 17.2 Å². The molecule has 0 fully saturated rings. The summed E-state index contributed by atoms with van der Waals surface area (Å²) >= 11 is 0. The van der Waals surface area contributed by atoms with E-state index in [4.69, 9.17) is 14.6 Å². The number of carboxylic acids is 1. The zero-order valence-corrected chi connectivity index (χ0v) is 26.2. The first-order valence-corrected chi connectivity index (χ1v) is 15.8. The summed E-state index contributed by atoms with van der Waals surface area (Å²) in [6, 6.07) is 11.0. The normalized spacial score (nSPS) is 14.7. The van der Waals surface area contributed by atoms with Crippen molar-refractivity contribution in [1.29, 1.82) is 0 Å². The highest BCUT2D eigenvalue weighted by atomic mass is 32.2. The lowest BCUT2D eigenvalue weighted by molar-refractivity contribution is -0.142. The zero-order chi connectivity index (χ0) is 33.8. The predicted molar refractivity (Wildman–Crippen MR) is 159 cm³/mol. The molecule has 0 saturated carbocycles. The fourth-order valence-corrected chi connectivity index (χ4v) is 7.60. The number of anilines is 1. The Morgan fingerprint density at radius 2 is 1.81 bits per heavy atom. The summed E-state index contributed by atoms with van der Waals surface area (Å²) in [6.07, 6.45) is -5.29. The minimum absolute atomic E-state index is 0.0644. The van der Waals surface area contributed by atoms with Gasteiger partial charge >= 0.3 is 12.1 Å². The van der Waals surface area contributed by atoms with Gasteiger partial charge in [-0.2, -0.15) is 27.7 Å². The Balaban J connectivity index is 1.32. The van der Waals surface area contributed by atoms with Gasteiger partial charge in [0.1, 0.15) is 4.90 Å². The Morgan fingerprint density at radius 3 is 2.53 bits per heavy atom. The van der Waals surface area contributed by atoms with E-state index in [0.717, 1.165) is 8.99 Å². The molecule has 0 radical (unpaired) electrons. The fourth-order valence-electron chi connectivity index (χ4n) is 5.82. The molecule has 248 valence electrons. The molecule has 47 heavy (non-hydrogen) atoms. The highest BCUT2D eigenvalue weighted by molar-refractivity contribution is 7.89. The first kappa shape index (κ1) is 32.1. The maximum atomic E-state index is 14.3. The van der Waals surface area contributed by atoms with Crippen LogP contribution in [-0.4, -0.2) is 69.7 Å². The Morgan fingerprint density at radius 1 is 1.06 bits per heavy atom. The van der Waals surface area contributed by atoms with Crippen LogP contribution in [0.2, 0.25) is 0 Å². The summed E-state index contributed by atoms with van der Waals surface area (Å²) in [5.41, 5.74) is -0.160. The summed E-state index contributed by atoms with van der Waals surface area (Å²) in [7, 11) is -2.77. The van der Waals surface area contributed by atoms with Crippen molar-refractivity contribution in [2.24, 2.45) is 0 Å². The van der Waals surface area contributed by atoms with Crippen LogP contribution in [0, 0.1) is 13.8 Å². The predicted octanol–water partition coefficient (Wildman–Crippen LogP) is 3.93. The molecular weight excluding hydrogens is 645 g/mol. The lowest BCUT2D eigenvalue weighted by Crippen LogP contribution is -2.37. The van der Waals surface area contributed by atoms with Crippen molar-refractivity contribution < 1.29 is 45.8 Å². The average molecular weight is 675 g/mol. The van der Waals surface area contributed by atoms with Gasteiger partial charge in [-0.25, -0.2) is 13.1 Å². The second kappa shape index (κ2) is 11.7. The molecule has 6 rings (SSSR count). The molecule has 1 N–H and O–H groups in total. The Hall–Kier alpha value is -4.90. The van der Waals surface area contributed by atoms with Crippen molar-refractivity contribution in [3.8, 4) is 17.2 Å². The van der Waals surface area contributed by atoms with Gasteiger partial charge < -0.3 is 19.5 Å². The van der Waals surface area contributed by atoms with Crippen LogP contribution in [0.25, 0.3) is 5.69 Å². The molecule has 0 atom stereocenters. The minimum atomic E-state index is -4.90. The van der Waals surface area contributed by atoms with Gasteiger partial charge in [0.15, 0.2) is 17.2 Å². The molecule has 2 aromatic heterocycles. The number of nitrogens with zero attached hydrogens (tertiary/aromatic N) is 6. The molecule has 1 amide bonds. The van der Waals surface area contributed by atoms with Crippen LogP contribution in [0.15, 0.2) is 47.4 Å². The highest BCUT2D eigenvalue weighted by Gasteiger charge is 2.43. The Bertz CT molecular complexity index is 2020. The number of hydrogen-bond acceptors (Lipinski definition) is 8. The van der Waals surface area contributed by atoms with Gasteiger partial charge in [-0.3, -0.25) is 14.3 Å². The smallest absolute Gasteiger partial charge is 0.435 e. The number of halogens is 3. The van der Waals surface area contributed by atoms with Crippen molar-refractivity contribution in [3.05, 3.63) is 76.4 Å². The van der Waals surface area contributed by atoms with Crippen LogP contribution in [0.1, 0.15) is 45.1 Å². The number of carbonyl (C=O) groups is 2. The molecule has 0 spiro atoms. The second-order valence-corrected chi connectivity index (χ2v) is 13.0. The number of hydrogen-bond donors (Lipinski definition) is 1. The summed E-state index contributed by atoms with van der Waals surface area (Å²) < 4.78 is 84.6. The minimum Gasteiger partial charge on any atom is -0.481 e. The van der Waals surface area contributed by atoms with Gasteiger partial charge in [0.25, 0.3) is 5.91 Å². The molecule has 2 aliphatic rings. The van der Waals surface area contributed by atoms with Gasteiger partial charge in [-0.1, -0.05) is 6.07 Å². The molecular formula is C30H29F3N6O7S. The number of benzene rings is 2. The van der Waals surface area contributed by atoms with E-state index in [1.54, 1.807) is 25.2 Å². The number of rotatable bonds is 8. The van der Waals surface area contributed by atoms with Gasteiger partial charge in [0.2, 0.25) is 16.8 Å². The molecule has 4 heterocycles. The third kappa shape index (κ3) is 5.80. The number of aromatic nitrogens is 4. The molecule has 2 aromatic carbocycles. The first-order chi connectivity index (χ1) is 22.2. The Labute approximate surface area is 266 Å². The maximum absolute atomic E-state index is 14.3. The number of fused-ring (bicyclic) bond motifs is 2. The van der Waals surface area contributed by atoms with Crippen LogP contribution in [0.4, 0.5) is 18.9 Å². The molecule has 0 unspecified atom stereocenters. The van der Waals surface area contributed by atoms with E-state index in [-0.39, 0.29) is 71.5 Å². The van der Waals surface area contributed by atoms with Gasteiger partial charge in [0, 0.05) is 49.4 Å². The van der Waals surface area contributed by atoms with Crippen LogP contribution < -0.4 is 14.4 Å². The van der Waals surface area contributed by atoms with Crippen molar-refractivity contribution in [2.45, 2.75) is 50.9 Å². The Kier molecular flexibility index (Phi) is 7.99. The number of carbonyl (C=O) groups excluding carboxylic acids is 1. The van der Waals surface area contributed by atoms with E-state index >= 15 is 0 Å². The molecule has 4 aromatic rings. The zero-order valence-electron chi connectivity index (χ0n) is 25.4. The SMILES string of the molecule is Cc1nn(CCC(=O)O)c(C)c1S(=O)(=O)N1CCc2c(c(C(F)(F)F)nn2-c2cccc(C(=O)N(C)c3ccc4c(c3)OCO4)c2)C1. The van der Waals surface area contributed by atoms with E-state index in [2.05, 4.69) is 10.2 Å². The summed E-state index contributed by atoms with van der Waals surface area (Å²) in [5.74, 6) is -0.501. The number of amides is 1. The third-order valence-corrected chi connectivity index (χ3v) is 10.2. The standard InChI is InChI=1S/C30H29F3N6O7S/c1-17-27(18(2)38(34-17)12-10-26(40)41)47(43,44)37-11-9-23-22(15-37)28(30(31,32)33)35-39(23)21-6-4-5-19(13-21)29(42)36(3)20-7-8-24-25(14-20)46-16-45-24/h4-8,13-14H,9-12,15-16H2,1-3H3,(H,40,41). The molecule has 2 aliphatic heterocycles. The number of alkyl halides is 3. The highest BCUT2D eigenvalue weighted by Crippen LogP contribution is 2.39. The van der Waals surface area contributed by atoms with Crippen molar-refractivity contribution in [1.82, 2.24) is 23.9 Å². The average Bonchev–Trinajstić information content (AvgIpc) is 3.73. The van der Waals surface area contributed by atoms with Gasteiger partial charge in [0.05, 0.1) is 35.7 Å². The largest absolute Gasteiger partial charge is 0.481 e. The van der Waals surface area contributed by atoms with Gasteiger partial charge in [-0.05, 0) is 44.2 Å². The van der Waals surface area contributed by atoms with E-state index in [1.807, 2.05) is 0 Å². The monoisotopic (exact) mass is 674 g/mol. The number of sulfonamides is 1. The van der Waals surface area contributed by atoms with Crippen LogP contribution in [0.3, 0.4) is 0 Å². The van der Waals surface area contributed by atoms with Crippen molar-refractivity contribution >= 4 is 27.6 Å². The number of aliphatic carboxylic acids is 1. The van der Waals surface area contributed by atoms with Crippen molar-refractivity contribution in [3.63, 3.8) is 0 Å². The molecule has 0 aliphatic carbocycles. The quantitative estimate of drug-likeness (QED) is 0.294. The van der Waals surface area contributed by atoms with Crippen LogP contribution in [0.5, 0.6) is 11.5 Å². The molecule has 0 bridgehead atoms. The van der Waals surface area contributed by atoms with Crippen LogP contribution >= 0.6 is 0 Å². The molecule has 13 nitrogen and oxygen atoms in total. The summed E-state index contributed by atoms with van der Waals surface area (Å²) in [4.78, 5) is 25.7. The lowest BCUT2D eigenvalue weighted by Gasteiger charge is -2.27. The van der Waals surface area contributed by atoms with E-state index < -0.39 is 40.3 Å². The molecule has 0 saturated heterocycles. The van der Waals surface area contributed by atoms with Crippen molar-refractivity contribution in [2.75, 3.05) is 25.3 Å².